The number of ether oxygens (including phenoxy) is 1. The van der Waals surface area contributed by atoms with Crippen LogP contribution in [0.4, 0.5) is 4.39 Å². The van der Waals surface area contributed by atoms with E-state index in [-0.39, 0.29) is 23.8 Å². The van der Waals surface area contributed by atoms with Crippen molar-refractivity contribution in [1.29, 1.82) is 0 Å². The van der Waals surface area contributed by atoms with Crippen LogP contribution in [0.25, 0.3) is 16.7 Å². The lowest BCUT2D eigenvalue weighted by Gasteiger charge is -2.16. The Balaban J connectivity index is 2.17. The number of fused-ring (bicyclic) bond motifs is 1. The van der Waals surface area contributed by atoms with Gasteiger partial charge in [0.2, 0.25) is 0 Å². The number of aryl methyl sites for hydroxylation is 1. The lowest BCUT2D eigenvalue weighted by molar-refractivity contribution is -0.154. The van der Waals surface area contributed by atoms with Crippen LogP contribution >= 0.6 is 0 Å². The average Bonchev–Trinajstić information content (AvgIpc) is 2.95. The minimum Gasteiger partial charge on any atom is -0.460 e. The van der Waals surface area contributed by atoms with Crippen LogP contribution in [0.1, 0.15) is 37.9 Å². The Kier molecular flexibility index (Phi) is 4.82. The molecule has 0 aliphatic rings. The van der Waals surface area contributed by atoms with Crippen LogP contribution in [-0.4, -0.2) is 20.5 Å². The second-order valence-electron chi connectivity index (χ2n) is 7.48. The first-order valence-electron chi connectivity index (χ1n) is 8.67. The average molecular weight is 381 g/mol. The molecular formula is C21H20FN3O3. The maximum atomic E-state index is 13.3. The number of benzene rings is 1. The van der Waals surface area contributed by atoms with Gasteiger partial charge in [0.25, 0.3) is 5.56 Å². The third kappa shape index (κ3) is 3.41. The summed E-state index contributed by atoms with van der Waals surface area (Å²) in [5.41, 5.74) is 0.811. The summed E-state index contributed by atoms with van der Waals surface area (Å²) in [5, 5.41) is 0.280. The van der Waals surface area contributed by atoms with Crippen LogP contribution in [0.2, 0.25) is 0 Å². The van der Waals surface area contributed by atoms with Crippen LogP contribution in [-0.2, 0) is 16.1 Å². The van der Waals surface area contributed by atoms with Crippen LogP contribution in [0.3, 0.4) is 0 Å². The van der Waals surface area contributed by atoms with Crippen molar-refractivity contribution in [3.05, 3.63) is 57.5 Å². The minimum absolute atomic E-state index is 0.0718. The third-order valence-electron chi connectivity index (χ3n) is 4.32. The minimum atomic E-state index is -0.663. The van der Waals surface area contributed by atoms with Gasteiger partial charge in [0.1, 0.15) is 18.1 Å². The summed E-state index contributed by atoms with van der Waals surface area (Å²) in [4.78, 5) is 32.7. The first-order chi connectivity index (χ1) is 13.1. The molecule has 0 saturated carbocycles. The molecule has 2 heterocycles. The lowest BCUT2D eigenvalue weighted by Crippen LogP contribution is -2.24. The molecule has 0 unspecified atom stereocenters. The van der Waals surface area contributed by atoms with Gasteiger partial charge < -0.3 is 9.72 Å². The second kappa shape index (κ2) is 6.97. The molecule has 1 N–H and O–H groups in total. The fourth-order valence-electron chi connectivity index (χ4n) is 2.79. The maximum absolute atomic E-state index is 13.3. The summed E-state index contributed by atoms with van der Waals surface area (Å²) in [6.07, 6.45) is 5.54. The van der Waals surface area contributed by atoms with Gasteiger partial charge in [-0.1, -0.05) is 0 Å². The topological polar surface area (TPSA) is 77.0 Å². The van der Waals surface area contributed by atoms with E-state index in [9.17, 15) is 14.0 Å². The number of carbonyl (C=O) groups excluding carboxylic acids is 1. The first-order valence-corrected chi connectivity index (χ1v) is 8.67. The van der Waals surface area contributed by atoms with Gasteiger partial charge in [0.15, 0.2) is 5.82 Å². The Hall–Kier alpha value is -3.40. The molecule has 0 spiro atoms. The molecular weight excluding hydrogens is 361 g/mol. The smallest absolute Gasteiger partial charge is 0.311 e. The van der Waals surface area contributed by atoms with Gasteiger partial charge in [-0.05, 0) is 57.9 Å². The number of H-pyrrole nitrogens is 1. The molecule has 28 heavy (non-hydrogen) atoms. The summed E-state index contributed by atoms with van der Waals surface area (Å²) in [5.74, 6) is 1.67. The fourth-order valence-corrected chi connectivity index (χ4v) is 2.79. The predicted molar refractivity (Wildman–Crippen MR) is 104 cm³/mol. The highest BCUT2D eigenvalue weighted by molar-refractivity contribution is 5.82. The number of halogens is 1. The number of hydrogen-bond acceptors (Lipinski definition) is 4. The normalized spacial score (nSPS) is 11.4. The number of carbonyl (C=O) groups is 1. The third-order valence-corrected chi connectivity index (χ3v) is 4.32. The molecule has 1 aromatic carbocycles. The number of rotatable bonds is 3. The first kappa shape index (κ1) is 19.4. The van der Waals surface area contributed by atoms with Crippen molar-refractivity contribution in [2.24, 2.45) is 5.41 Å². The largest absolute Gasteiger partial charge is 0.460 e. The Morgan fingerprint density at radius 3 is 2.54 bits per heavy atom. The molecule has 3 rings (SSSR count). The number of nitrogens with one attached hydrogen (secondary N) is 1. The molecule has 0 aliphatic heterocycles. The molecule has 0 atom stereocenters. The Labute approximate surface area is 161 Å². The highest BCUT2D eigenvalue weighted by atomic mass is 19.1. The fraction of sp³-hybridized carbons (Fsp3) is 0.286. The lowest BCUT2D eigenvalue weighted by atomic mass is 9.97. The van der Waals surface area contributed by atoms with Crippen molar-refractivity contribution >= 4 is 17.0 Å². The van der Waals surface area contributed by atoms with Gasteiger partial charge in [-0.2, -0.15) is 0 Å². The van der Waals surface area contributed by atoms with E-state index in [2.05, 4.69) is 15.9 Å². The molecule has 3 aromatic rings. The van der Waals surface area contributed by atoms with Crippen molar-refractivity contribution in [1.82, 2.24) is 14.5 Å². The predicted octanol–water partition coefficient (Wildman–Crippen LogP) is 3.23. The number of hydrogen-bond donors (Lipinski definition) is 1. The van der Waals surface area contributed by atoms with E-state index < -0.39 is 16.8 Å². The molecule has 6 nitrogen and oxygen atoms in total. The number of nitrogens with zero attached hydrogens (tertiary/aromatic N) is 2. The van der Waals surface area contributed by atoms with E-state index in [0.29, 0.717) is 22.6 Å². The highest BCUT2D eigenvalue weighted by Gasteiger charge is 2.25. The van der Waals surface area contributed by atoms with Crippen LogP contribution < -0.4 is 5.56 Å². The van der Waals surface area contributed by atoms with Crippen LogP contribution in [0, 0.1) is 30.5 Å². The maximum Gasteiger partial charge on any atom is 0.311 e. The van der Waals surface area contributed by atoms with E-state index in [1.807, 2.05) is 0 Å². The van der Waals surface area contributed by atoms with Crippen molar-refractivity contribution in [2.45, 2.75) is 34.3 Å². The zero-order valence-corrected chi connectivity index (χ0v) is 16.1. The number of terminal acetylenes is 1. The van der Waals surface area contributed by atoms with E-state index in [1.165, 1.54) is 28.8 Å². The summed E-state index contributed by atoms with van der Waals surface area (Å²) in [6.45, 7) is 6.94. The van der Waals surface area contributed by atoms with Gasteiger partial charge in [0, 0.05) is 11.3 Å². The van der Waals surface area contributed by atoms with Gasteiger partial charge in [-0.15, -0.1) is 6.42 Å². The summed E-state index contributed by atoms with van der Waals surface area (Å²) >= 11 is 0. The second-order valence-corrected chi connectivity index (χ2v) is 7.48. The monoisotopic (exact) mass is 381 g/mol. The molecule has 0 saturated heterocycles. The summed E-state index contributed by atoms with van der Waals surface area (Å²) < 4.78 is 19.9. The number of esters is 1. The molecule has 0 bridgehead atoms. The number of aromatic amines is 1. The van der Waals surface area contributed by atoms with Gasteiger partial charge in [0.05, 0.1) is 16.5 Å². The van der Waals surface area contributed by atoms with E-state index in [0.717, 1.165) is 0 Å². The van der Waals surface area contributed by atoms with E-state index in [4.69, 9.17) is 11.2 Å². The molecule has 0 aliphatic carbocycles. The Bertz CT molecular complexity index is 1160. The van der Waals surface area contributed by atoms with Crippen molar-refractivity contribution in [3.63, 3.8) is 0 Å². The van der Waals surface area contributed by atoms with Crippen molar-refractivity contribution in [2.75, 3.05) is 0 Å². The molecule has 0 fully saturated rings. The molecule has 0 radical (unpaired) electrons. The van der Waals surface area contributed by atoms with Crippen LogP contribution in [0.15, 0.2) is 29.1 Å². The highest BCUT2D eigenvalue weighted by Crippen LogP contribution is 2.22. The zero-order chi connectivity index (χ0) is 20.6. The van der Waals surface area contributed by atoms with Gasteiger partial charge in [-0.25, -0.2) is 9.37 Å². The van der Waals surface area contributed by atoms with Gasteiger partial charge >= 0.3 is 5.97 Å². The van der Waals surface area contributed by atoms with Gasteiger partial charge in [-0.3, -0.25) is 14.2 Å². The summed E-state index contributed by atoms with van der Waals surface area (Å²) in [6, 6.07) is 5.37. The molecule has 2 aromatic heterocycles. The van der Waals surface area contributed by atoms with Crippen molar-refractivity contribution in [3.8, 4) is 18.0 Å². The quantitative estimate of drug-likeness (QED) is 0.558. The standard InChI is InChI=1S/C21H20FN3O3/c1-6-16-24-18-17(19(26)25(16)14-9-7-13(22)8-10-14)15(12(2)23-18)11-28-20(27)21(3,4)5/h1,7-10,23H,11H2,2-5H3. The van der Waals surface area contributed by atoms with Crippen molar-refractivity contribution < 1.29 is 13.9 Å². The molecule has 7 heteroatoms. The molecule has 144 valence electrons. The van der Waals surface area contributed by atoms with Crippen LogP contribution in [0.5, 0.6) is 0 Å². The zero-order valence-electron chi connectivity index (χ0n) is 16.1. The van der Waals surface area contributed by atoms with E-state index in [1.54, 1.807) is 27.7 Å². The Morgan fingerprint density at radius 1 is 1.32 bits per heavy atom. The Morgan fingerprint density at radius 2 is 1.96 bits per heavy atom. The van der Waals surface area contributed by atoms with E-state index >= 15 is 0 Å². The summed E-state index contributed by atoms with van der Waals surface area (Å²) in [7, 11) is 0. The molecule has 0 amide bonds. The number of aromatic nitrogens is 3. The SMILES string of the molecule is C#Cc1nc2[nH]c(C)c(COC(=O)C(C)(C)C)c2c(=O)n1-c1ccc(F)cc1.